The smallest absolute Gasteiger partial charge is 0.0855 e. The number of hydrogen-bond donors (Lipinski definition) is 1. The third-order valence-electron chi connectivity index (χ3n) is 3.78. The highest BCUT2D eigenvalue weighted by Gasteiger charge is 2.30. The second-order valence-electron chi connectivity index (χ2n) is 6.31. The van der Waals surface area contributed by atoms with Crippen molar-refractivity contribution < 1.29 is 0 Å². The summed E-state index contributed by atoms with van der Waals surface area (Å²) in [5.41, 5.74) is 2.83. The molecule has 2 heterocycles. The minimum absolute atomic E-state index is 0.299. The zero-order chi connectivity index (χ0) is 13.3. The van der Waals surface area contributed by atoms with Crippen molar-refractivity contribution >= 4 is 5.69 Å². The van der Waals surface area contributed by atoms with Crippen LogP contribution < -0.4 is 10.2 Å². The molecule has 102 valence electrons. The van der Waals surface area contributed by atoms with Crippen molar-refractivity contribution in [2.24, 2.45) is 12.5 Å². The van der Waals surface area contributed by atoms with Gasteiger partial charge in [0.25, 0.3) is 0 Å². The van der Waals surface area contributed by atoms with Crippen LogP contribution in [0.2, 0.25) is 0 Å². The normalized spacial score (nSPS) is 21.4. The molecule has 0 bridgehead atoms. The highest BCUT2D eigenvalue weighted by molar-refractivity contribution is 5.50. The first-order valence-electron chi connectivity index (χ1n) is 6.92. The molecule has 4 nitrogen and oxygen atoms in total. The highest BCUT2D eigenvalue weighted by atomic mass is 15.3. The van der Waals surface area contributed by atoms with E-state index in [0.717, 1.165) is 26.1 Å². The summed E-state index contributed by atoms with van der Waals surface area (Å²) in [6.45, 7) is 12.3. The van der Waals surface area contributed by atoms with Gasteiger partial charge in [-0.2, -0.15) is 5.10 Å². The zero-order valence-corrected chi connectivity index (χ0v) is 12.3. The van der Waals surface area contributed by atoms with E-state index in [9.17, 15) is 0 Å². The first-order valence-corrected chi connectivity index (χ1v) is 6.92. The van der Waals surface area contributed by atoms with Gasteiger partial charge in [0, 0.05) is 38.9 Å². The Morgan fingerprint density at radius 3 is 2.78 bits per heavy atom. The molecule has 1 aromatic heterocycles. The fraction of sp³-hybridized carbons (Fsp3) is 0.786. The third kappa shape index (κ3) is 2.69. The van der Waals surface area contributed by atoms with Crippen molar-refractivity contribution in [3.8, 4) is 0 Å². The molecule has 1 saturated heterocycles. The van der Waals surface area contributed by atoms with Crippen molar-refractivity contribution in [3.63, 3.8) is 0 Å². The van der Waals surface area contributed by atoms with Crippen LogP contribution in [0.25, 0.3) is 0 Å². The van der Waals surface area contributed by atoms with E-state index >= 15 is 0 Å². The summed E-state index contributed by atoms with van der Waals surface area (Å²) in [7, 11) is 2.01. The quantitative estimate of drug-likeness (QED) is 0.869. The minimum atomic E-state index is 0.299. The average Bonchev–Trinajstić information content (AvgIpc) is 2.69. The van der Waals surface area contributed by atoms with Gasteiger partial charge in [-0.25, -0.2) is 0 Å². The Balaban J connectivity index is 2.18. The number of nitrogens with one attached hydrogen (secondary N) is 1. The van der Waals surface area contributed by atoms with E-state index in [1.807, 2.05) is 11.7 Å². The summed E-state index contributed by atoms with van der Waals surface area (Å²) < 4.78 is 1.93. The zero-order valence-electron chi connectivity index (χ0n) is 12.3. The molecule has 1 aliphatic rings. The summed E-state index contributed by atoms with van der Waals surface area (Å²) in [4.78, 5) is 2.48. The number of piperazine rings is 1. The van der Waals surface area contributed by atoms with E-state index in [4.69, 9.17) is 0 Å². The standard InChI is InChI=1S/C14H26N4/c1-6-11-12(9-17(5)16-11)18-8-7-15-13(10-18)14(2,3)4/h9,13,15H,6-8,10H2,1-5H3. The molecule has 1 N–H and O–H groups in total. The van der Waals surface area contributed by atoms with Crippen molar-refractivity contribution in [3.05, 3.63) is 11.9 Å². The number of aromatic nitrogens is 2. The Kier molecular flexibility index (Phi) is 3.66. The van der Waals surface area contributed by atoms with Gasteiger partial charge in [0.1, 0.15) is 0 Å². The molecule has 0 saturated carbocycles. The van der Waals surface area contributed by atoms with Crippen molar-refractivity contribution in [1.82, 2.24) is 15.1 Å². The molecular weight excluding hydrogens is 224 g/mol. The highest BCUT2D eigenvalue weighted by Crippen LogP contribution is 2.26. The molecule has 0 radical (unpaired) electrons. The lowest BCUT2D eigenvalue weighted by molar-refractivity contribution is 0.254. The van der Waals surface area contributed by atoms with Crippen LogP contribution in [0.5, 0.6) is 0 Å². The maximum Gasteiger partial charge on any atom is 0.0855 e. The van der Waals surface area contributed by atoms with Gasteiger partial charge < -0.3 is 10.2 Å². The topological polar surface area (TPSA) is 33.1 Å². The number of anilines is 1. The lowest BCUT2D eigenvalue weighted by Gasteiger charge is -2.41. The maximum absolute atomic E-state index is 4.55. The summed E-state index contributed by atoms with van der Waals surface area (Å²) in [6, 6.07) is 0.538. The Labute approximate surface area is 110 Å². The largest absolute Gasteiger partial charge is 0.366 e. The van der Waals surface area contributed by atoms with E-state index < -0.39 is 0 Å². The van der Waals surface area contributed by atoms with Gasteiger partial charge in [0.05, 0.1) is 11.4 Å². The van der Waals surface area contributed by atoms with Crippen LogP contribution in [0.3, 0.4) is 0 Å². The average molecular weight is 250 g/mol. The second kappa shape index (κ2) is 4.92. The maximum atomic E-state index is 4.55. The van der Waals surface area contributed by atoms with Gasteiger partial charge in [-0.3, -0.25) is 4.68 Å². The van der Waals surface area contributed by atoms with E-state index in [1.54, 1.807) is 0 Å². The molecule has 0 spiro atoms. The molecule has 0 amide bonds. The molecule has 2 rings (SSSR count). The number of nitrogens with zero attached hydrogens (tertiary/aromatic N) is 3. The summed E-state index contributed by atoms with van der Waals surface area (Å²) >= 11 is 0. The Morgan fingerprint density at radius 1 is 1.44 bits per heavy atom. The second-order valence-corrected chi connectivity index (χ2v) is 6.31. The fourth-order valence-corrected chi connectivity index (χ4v) is 2.59. The van der Waals surface area contributed by atoms with E-state index in [1.165, 1.54) is 11.4 Å². The van der Waals surface area contributed by atoms with Crippen molar-refractivity contribution in [2.45, 2.75) is 40.2 Å². The molecule has 1 unspecified atom stereocenters. The Bertz CT molecular complexity index is 402. The van der Waals surface area contributed by atoms with Gasteiger partial charge in [0.2, 0.25) is 0 Å². The van der Waals surface area contributed by atoms with Crippen LogP contribution in [0.4, 0.5) is 5.69 Å². The van der Waals surface area contributed by atoms with Gasteiger partial charge in [-0.1, -0.05) is 27.7 Å². The van der Waals surface area contributed by atoms with Crippen LogP contribution in [-0.4, -0.2) is 35.5 Å². The molecule has 1 atom stereocenters. The SMILES string of the molecule is CCc1nn(C)cc1N1CCNC(C(C)(C)C)C1. The molecule has 1 fully saturated rings. The van der Waals surface area contributed by atoms with E-state index in [0.29, 0.717) is 11.5 Å². The fourth-order valence-electron chi connectivity index (χ4n) is 2.59. The third-order valence-corrected chi connectivity index (χ3v) is 3.78. The molecular formula is C14H26N4. The van der Waals surface area contributed by atoms with E-state index in [-0.39, 0.29) is 0 Å². The molecule has 0 aliphatic carbocycles. The van der Waals surface area contributed by atoms with Gasteiger partial charge in [-0.15, -0.1) is 0 Å². The van der Waals surface area contributed by atoms with Crippen molar-refractivity contribution in [2.75, 3.05) is 24.5 Å². The van der Waals surface area contributed by atoms with Crippen LogP contribution >= 0.6 is 0 Å². The molecule has 4 heteroatoms. The Morgan fingerprint density at radius 2 is 2.17 bits per heavy atom. The molecule has 1 aromatic rings. The monoisotopic (exact) mass is 250 g/mol. The predicted molar refractivity (Wildman–Crippen MR) is 76.0 cm³/mol. The van der Waals surface area contributed by atoms with Gasteiger partial charge in [-0.05, 0) is 11.8 Å². The summed E-state index contributed by atoms with van der Waals surface area (Å²) in [6.07, 6.45) is 3.16. The lowest BCUT2D eigenvalue weighted by atomic mass is 9.85. The van der Waals surface area contributed by atoms with E-state index in [2.05, 4.69) is 49.2 Å². The Hall–Kier alpha value is -1.03. The minimum Gasteiger partial charge on any atom is -0.366 e. The lowest BCUT2D eigenvalue weighted by Crippen LogP contribution is -2.56. The van der Waals surface area contributed by atoms with Crippen molar-refractivity contribution in [1.29, 1.82) is 0 Å². The van der Waals surface area contributed by atoms with Crippen LogP contribution in [-0.2, 0) is 13.5 Å². The van der Waals surface area contributed by atoms with Gasteiger partial charge in [0.15, 0.2) is 0 Å². The summed E-state index contributed by atoms with van der Waals surface area (Å²) in [5.74, 6) is 0. The predicted octanol–water partition coefficient (Wildman–Crippen LogP) is 1.81. The number of hydrogen-bond acceptors (Lipinski definition) is 3. The molecule has 1 aliphatic heterocycles. The number of rotatable bonds is 2. The van der Waals surface area contributed by atoms with Crippen LogP contribution in [0.15, 0.2) is 6.20 Å². The van der Waals surface area contributed by atoms with Crippen LogP contribution in [0, 0.1) is 5.41 Å². The van der Waals surface area contributed by atoms with Gasteiger partial charge >= 0.3 is 0 Å². The molecule has 18 heavy (non-hydrogen) atoms. The first-order chi connectivity index (χ1) is 8.41. The molecule has 0 aromatic carbocycles. The first kappa shape index (κ1) is 13.4. The summed E-state index contributed by atoms with van der Waals surface area (Å²) in [5, 5.41) is 8.18. The number of aryl methyl sites for hydroxylation is 2. The van der Waals surface area contributed by atoms with Crippen LogP contribution in [0.1, 0.15) is 33.4 Å².